The van der Waals surface area contributed by atoms with Gasteiger partial charge in [0, 0.05) is 23.1 Å². The number of nitrogen functional groups attached to an aromatic ring is 1. The minimum atomic E-state index is -0.672. The quantitative estimate of drug-likeness (QED) is 0.664. The van der Waals surface area contributed by atoms with Gasteiger partial charge >= 0.3 is 5.97 Å². The monoisotopic (exact) mass is 388 g/mol. The maximum Gasteiger partial charge on any atom is 0.357 e. The van der Waals surface area contributed by atoms with E-state index < -0.39 is 5.97 Å². The first-order valence-corrected chi connectivity index (χ1v) is 8.84. The number of rotatable bonds is 4. The number of aryl methyl sites for hydroxylation is 2. The van der Waals surface area contributed by atoms with Crippen LogP contribution in [0.25, 0.3) is 5.69 Å². The van der Waals surface area contributed by atoms with E-state index in [2.05, 4.69) is 5.32 Å². The molecular weight excluding hydrogens is 368 g/mol. The summed E-state index contributed by atoms with van der Waals surface area (Å²) >= 11 is 0. The maximum absolute atomic E-state index is 12.7. The third-order valence-corrected chi connectivity index (χ3v) is 4.69. The molecule has 0 fully saturated rings. The van der Waals surface area contributed by atoms with Gasteiger partial charge in [0.25, 0.3) is 5.91 Å². The van der Waals surface area contributed by atoms with Gasteiger partial charge in [-0.3, -0.25) is 4.79 Å². The summed E-state index contributed by atoms with van der Waals surface area (Å²) in [4.78, 5) is 24.9. The summed E-state index contributed by atoms with van der Waals surface area (Å²) in [7, 11) is 1.23. The van der Waals surface area contributed by atoms with Gasteiger partial charge in [0.2, 0.25) is 0 Å². The van der Waals surface area contributed by atoms with Crippen LogP contribution in [0, 0.1) is 25.2 Å². The van der Waals surface area contributed by atoms with Crippen molar-refractivity contribution in [1.29, 1.82) is 5.26 Å². The molecule has 0 spiro atoms. The third-order valence-electron chi connectivity index (χ3n) is 4.69. The highest BCUT2D eigenvalue weighted by atomic mass is 16.5. The first-order chi connectivity index (χ1) is 13.8. The molecule has 7 heteroatoms. The van der Waals surface area contributed by atoms with Crippen LogP contribution in [0.4, 0.5) is 11.4 Å². The van der Waals surface area contributed by atoms with E-state index in [-0.39, 0.29) is 22.9 Å². The van der Waals surface area contributed by atoms with Gasteiger partial charge in [-0.15, -0.1) is 0 Å². The molecule has 3 N–H and O–H groups in total. The number of carbonyl (C=O) groups excluding carboxylic acids is 2. The summed E-state index contributed by atoms with van der Waals surface area (Å²) in [5, 5.41) is 12.1. The summed E-state index contributed by atoms with van der Waals surface area (Å²) in [6.07, 6.45) is 1.45. The molecular formula is C22H20N4O3. The van der Waals surface area contributed by atoms with E-state index >= 15 is 0 Å². The van der Waals surface area contributed by atoms with E-state index in [9.17, 15) is 14.9 Å². The molecule has 1 amide bonds. The van der Waals surface area contributed by atoms with Gasteiger partial charge in [-0.25, -0.2) is 4.79 Å². The number of hydrogen-bond acceptors (Lipinski definition) is 5. The standard InChI is InChI=1S/C22H20N4O3/c1-13-7-8-17(9-14(13)2)25-21(27)15-5-4-6-18(10-15)26-12-16(11-23)19(24)20(26)22(28)29-3/h4-10,12H,24H2,1-3H3,(H,25,27). The van der Waals surface area contributed by atoms with Crippen LogP contribution in [0.3, 0.4) is 0 Å². The smallest absolute Gasteiger partial charge is 0.357 e. The highest BCUT2D eigenvalue weighted by molar-refractivity contribution is 6.04. The van der Waals surface area contributed by atoms with Gasteiger partial charge < -0.3 is 20.4 Å². The van der Waals surface area contributed by atoms with Gasteiger partial charge in [0.1, 0.15) is 6.07 Å². The second-order valence-corrected chi connectivity index (χ2v) is 6.58. The molecule has 3 aromatic rings. The molecule has 146 valence electrons. The molecule has 0 bridgehead atoms. The zero-order chi connectivity index (χ0) is 21.1. The number of amides is 1. The second-order valence-electron chi connectivity index (χ2n) is 6.58. The molecule has 0 unspecified atom stereocenters. The molecule has 0 aliphatic carbocycles. The average molecular weight is 388 g/mol. The first kappa shape index (κ1) is 19.7. The second kappa shape index (κ2) is 7.90. The van der Waals surface area contributed by atoms with Gasteiger partial charge in [-0.1, -0.05) is 12.1 Å². The van der Waals surface area contributed by atoms with Crippen molar-refractivity contribution < 1.29 is 14.3 Å². The lowest BCUT2D eigenvalue weighted by Gasteiger charge is -2.11. The van der Waals surface area contributed by atoms with Gasteiger partial charge in [-0.2, -0.15) is 5.26 Å². The average Bonchev–Trinajstić information content (AvgIpc) is 3.06. The molecule has 3 rings (SSSR count). The lowest BCUT2D eigenvalue weighted by atomic mass is 10.1. The Labute approximate surface area is 168 Å². The van der Waals surface area contributed by atoms with E-state index in [1.165, 1.54) is 17.9 Å². The zero-order valence-electron chi connectivity index (χ0n) is 16.3. The van der Waals surface area contributed by atoms with Crippen molar-refractivity contribution in [1.82, 2.24) is 4.57 Å². The number of nitrogens with zero attached hydrogens (tertiary/aromatic N) is 2. The van der Waals surface area contributed by atoms with Crippen molar-refractivity contribution >= 4 is 23.3 Å². The summed E-state index contributed by atoms with van der Waals surface area (Å²) < 4.78 is 6.24. The van der Waals surface area contributed by atoms with E-state index in [1.807, 2.05) is 38.1 Å². The molecule has 29 heavy (non-hydrogen) atoms. The van der Waals surface area contributed by atoms with Crippen LogP contribution >= 0.6 is 0 Å². The van der Waals surface area contributed by atoms with Crippen LogP contribution in [-0.4, -0.2) is 23.6 Å². The molecule has 1 heterocycles. The maximum atomic E-state index is 12.7. The van der Waals surface area contributed by atoms with Crippen molar-refractivity contribution in [2.24, 2.45) is 0 Å². The highest BCUT2D eigenvalue weighted by Crippen LogP contribution is 2.25. The number of carbonyl (C=O) groups is 2. The van der Waals surface area contributed by atoms with Crippen molar-refractivity contribution in [3.63, 3.8) is 0 Å². The van der Waals surface area contributed by atoms with Crippen LogP contribution < -0.4 is 11.1 Å². The number of anilines is 2. The Kier molecular flexibility index (Phi) is 5.37. The van der Waals surface area contributed by atoms with Crippen molar-refractivity contribution in [2.45, 2.75) is 13.8 Å². The predicted molar refractivity (Wildman–Crippen MR) is 110 cm³/mol. The molecule has 0 radical (unpaired) electrons. The van der Waals surface area contributed by atoms with Crippen LogP contribution in [0.5, 0.6) is 0 Å². The molecule has 0 saturated heterocycles. The Morgan fingerprint density at radius 3 is 2.55 bits per heavy atom. The lowest BCUT2D eigenvalue weighted by Crippen LogP contribution is -2.14. The minimum Gasteiger partial charge on any atom is -0.464 e. The van der Waals surface area contributed by atoms with Gasteiger partial charge in [0.05, 0.1) is 18.4 Å². The molecule has 0 saturated carbocycles. The Balaban J connectivity index is 1.98. The largest absolute Gasteiger partial charge is 0.464 e. The Bertz CT molecular complexity index is 1160. The summed E-state index contributed by atoms with van der Waals surface area (Å²) in [5.74, 6) is -0.968. The molecule has 2 aromatic carbocycles. The van der Waals surface area contributed by atoms with Crippen LogP contribution in [0.15, 0.2) is 48.7 Å². The number of nitrogens with two attached hydrogens (primary N) is 1. The molecule has 0 aliphatic heterocycles. The van der Waals surface area contributed by atoms with E-state index in [1.54, 1.807) is 24.3 Å². The fourth-order valence-electron chi connectivity index (χ4n) is 2.94. The number of aromatic nitrogens is 1. The molecule has 0 atom stereocenters. The topological polar surface area (TPSA) is 110 Å². The molecule has 1 aromatic heterocycles. The van der Waals surface area contributed by atoms with E-state index in [0.717, 1.165) is 11.1 Å². The van der Waals surface area contributed by atoms with Crippen molar-refractivity contribution in [3.05, 3.63) is 76.6 Å². The van der Waals surface area contributed by atoms with Crippen molar-refractivity contribution in [2.75, 3.05) is 18.2 Å². The lowest BCUT2D eigenvalue weighted by molar-refractivity contribution is 0.0593. The Morgan fingerprint density at radius 1 is 1.14 bits per heavy atom. The third kappa shape index (κ3) is 3.82. The molecule has 0 aliphatic rings. The van der Waals surface area contributed by atoms with Crippen molar-refractivity contribution in [3.8, 4) is 11.8 Å². The van der Waals surface area contributed by atoms with Crippen LogP contribution in [0.2, 0.25) is 0 Å². The van der Waals surface area contributed by atoms with Gasteiger partial charge in [-0.05, 0) is 55.3 Å². The number of ether oxygens (including phenoxy) is 1. The summed E-state index contributed by atoms with van der Waals surface area (Å²) in [6, 6.07) is 14.3. The number of hydrogen-bond donors (Lipinski definition) is 2. The first-order valence-electron chi connectivity index (χ1n) is 8.84. The molecule has 7 nitrogen and oxygen atoms in total. The summed E-state index contributed by atoms with van der Waals surface area (Å²) in [6.45, 7) is 3.98. The van der Waals surface area contributed by atoms with Gasteiger partial charge in [0.15, 0.2) is 5.69 Å². The zero-order valence-corrected chi connectivity index (χ0v) is 16.3. The number of nitrogens with one attached hydrogen (secondary N) is 1. The van der Waals surface area contributed by atoms with Crippen LogP contribution in [-0.2, 0) is 4.74 Å². The number of nitriles is 1. The number of benzene rings is 2. The fraction of sp³-hybridized carbons (Fsp3) is 0.136. The number of esters is 1. The van der Waals surface area contributed by atoms with E-state index in [4.69, 9.17) is 10.5 Å². The fourth-order valence-corrected chi connectivity index (χ4v) is 2.94. The minimum absolute atomic E-state index is 0.0318. The Morgan fingerprint density at radius 2 is 1.90 bits per heavy atom. The predicted octanol–water partition coefficient (Wildman–Crippen LogP) is 3.59. The van der Waals surface area contributed by atoms with Crippen LogP contribution in [0.1, 0.15) is 37.5 Å². The van der Waals surface area contributed by atoms with E-state index in [0.29, 0.717) is 16.9 Å². The Hall–Kier alpha value is -4.05. The highest BCUT2D eigenvalue weighted by Gasteiger charge is 2.22. The SMILES string of the molecule is COC(=O)c1c(N)c(C#N)cn1-c1cccc(C(=O)Nc2ccc(C)c(C)c2)c1. The summed E-state index contributed by atoms with van der Waals surface area (Å²) in [5.41, 5.74) is 9.95. The number of methoxy groups -OCH3 is 1. The normalized spacial score (nSPS) is 10.3.